The Morgan fingerprint density at radius 3 is 2.54 bits per heavy atom. The summed E-state index contributed by atoms with van der Waals surface area (Å²) < 4.78 is 35.6. The van der Waals surface area contributed by atoms with E-state index in [1.807, 2.05) is 39.0 Å². The number of pyridine rings is 1. The molecule has 2 fully saturated rings. The highest BCUT2D eigenvalue weighted by Gasteiger charge is 2.70. The van der Waals surface area contributed by atoms with Gasteiger partial charge in [0.2, 0.25) is 0 Å². The third-order valence-electron chi connectivity index (χ3n) is 6.91. The standard InChI is InChI=1S/C20H23NO4S/c1-12-7-8-13-5-4-6-15(17(13)21-12)18(26(23,24)25)20-10-9-14(11-16(20)22)19(20,2)3/h4-8,14,18H,9-11H2,1-3H3,(H,23,24,25). The molecular weight excluding hydrogens is 350 g/mol. The third-order valence-corrected chi connectivity index (χ3v) is 8.16. The van der Waals surface area contributed by atoms with Gasteiger partial charge in [0.15, 0.2) is 0 Å². The van der Waals surface area contributed by atoms with Gasteiger partial charge in [-0.15, -0.1) is 0 Å². The maximum Gasteiger partial charge on any atom is 0.273 e. The quantitative estimate of drug-likeness (QED) is 0.826. The van der Waals surface area contributed by atoms with Gasteiger partial charge in [-0.05, 0) is 42.7 Å². The molecule has 1 aromatic carbocycles. The van der Waals surface area contributed by atoms with E-state index in [1.54, 1.807) is 12.1 Å². The molecule has 4 rings (SSSR count). The van der Waals surface area contributed by atoms with Crippen molar-refractivity contribution in [2.75, 3.05) is 0 Å². The molecule has 0 amide bonds. The van der Waals surface area contributed by atoms with Crippen molar-refractivity contribution in [3.05, 3.63) is 41.6 Å². The van der Waals surface area contributed by atoms with Gasteiger partial charge < -0.3 is 0 Å². The molecule has 2 aromatic rings. The molecule has 0 radical (unpaired) electrons. The van der Waals surface area contributed by atoms with E-state index in [9.17, 15) is 17.8 Å². The predicted molar refractivity (Wildman–Crippen MR) is 99.3 cm³/mol. The number of para-hydroxylation sites is 1. The van der Waals surface area contributed by atoms with Crippen LogP contribution in [0.1, 0.15) is 49.6 Å². The Labute approximate surface area is 153 Å². The first kappa shape index (κ1) is 17.6. The van der Waals surface area contributed by atoms with Crippen LogP contribution >= 0.6 is 0 Å². The van der Waals surface area contributed by atoms with E-state index in [4.69, 9.17) is 0 Å². The van der Waals surface area contributed by atoms with Crippen LogP contribution in [0.5, 0.6) is 0 Å². The van der Waals surface area contributed by atoms with E-state index >= 15 is 0 Å². The van der Waals surface area contributed by atoms with Crippen LogP contribution in [0.25, 0.3) is 10.9 Å². The lowest BCUT2D eigenvalue weighted by Crippen LogP contribution is -2.44. The van der Waals surface area contributed by atoms with Crippen LogP contribution in [-0.4, -0.2) is 23.7 Å². The Kier molecular flexibility index (Phi) is 3.63. The number of ketones is 1. The van der Waals surface area contributed by atoms with Gasteiger partial charge in [0, 0.05) is 17.5 Å². The summed E-state index contributed by atoms with van der Waals surface area (Å²) in [4.78, 5) is 17.6. The zero-order valence-corrected chi connectivity index (χ0v) is 16.0. The molecule has 0 aliphatic heterocycles. The summed E-state index contributed by atoms with van der Waals surface area (Å²) in [5.74, 6) is 0.106. The SMILES string of the molecule is Cc1ccc2cccc(C(C34CCC(CC3=O)C4(C)C)S(=O)(=O)O)c2n1. The third kappa shape index (κ3) is 2.15. The molecule has 2 aliphatic carbocycles. The van der Waals surface area contributed by atoms with Gasteiger partial charge in [-0.25, -0.2) is 0 Å². The van der Waals surface area contributed by atoms with E-state index < -0.39 is 26.2 Å². The first-order valence-corrected chi connectivity index (χ1v) is 10.5. The molecule has 2 saturated carbocycles. The van der Waals surface area contributed by atoms with Crippen molar-refractivity contribution < 1.29 is 17.8 Å². The molecule has 1 aromatic heterocycles. The fourth-order valence-corrected chi connectivity index (χ4v) is 7.06. The minimum atomic E-state index is -4.51. The number of hydrogen-bond donors (Lipinski definition) is 1. The number of aryl methyl sites for hydroxylation is 1. The molecular formula is C20H23NO4S. The lowest BCUT2D eigenvalue weighted by atomic mass is 9.65. The summed E-state index contributed by atoms with van der Waals surface area (Å²) in [6.07, 6.45) is 1.67. The van der Waals surface area contributed by atoms with Gasteiger partial charge in [0.25, 0.3) is 10.1 Å². The van der Waals surface area contributed by atoms with Crippen LogP contribution < -0.4 is 0 Å². The van der Waals surface area contributed by atoms with Gasteiger partial charge in [-0.1, -0.05) is 38.1 Å². The van der Waals surface area contributed by atoms with Gasteiger partial charge >= 0.3 is 0 Å². The first-order valence-electron chi connectivity index (χ1n) is 8.95. The van der Waals surface area contributed by atoms with Crippen molar-refractivity contribution in [3.8, 4) is 0 Å². The summed E-state index contributed by atoms with van der Waals surface area (Å²) in [6, 6.07) is 9.07. The van der Waals surface area contributed by atoms with Crippen molar-refractivity contribution in [2.24, 2.45) is 16.7 Å². The summed E-state index contributed by atoms with van der Waals surface area (Å²) >= 11 is 0. The number of aromatic nitrogens is 1. The highest BCUT2D eigenvalue weighted by atomic mass is 32.2. The lowest BCUT2D eigenvalue weighted by Gasteiger charge is -2.41. The molecule has 26 heavy (non-hydrogen) atoms. The molecule has 1 N–H and O–H groups in total. The Bertz CT molecular complexity index is 1030. The molecule has 3 unspecified atom stereocenters. The van der Waals surface area contributed by atoms with Crippen LogP contribution in [0, 0.1) is 23.7 Å². The number of benzene rings is 1. The molecule has 1 heterocycles. The van der Waals surface area contributed by atoms with E-state index in [2.05, 4.69) is 4.98 Å². The summed E-state index contributed by atoms with van der Waals surface area (Å²) in [5.41, 5.74) is 0.139. The van der Waals surface area contributed by atoms with E-state index in [-0.39, 0.29) is 11.7 Å². The monoisotopic (exact) mass is 373 g/mol. The molecule has 0 saturated heterocycles. The number of fused-ring (bicyclic) bond motifs is 3. The number of hydrogen-bond acceptors (Lipinski definition) is 4. The van der Waals surface area contributed by atoms with Crippen LogP contribution in [0.15, 0.2) is 30.3 Å². The van der Waals surface area contributed by atoms with Crippen LogP contribution in [0.2, 0.25) is 0 Å². The second kappa shape index (κ2) is 5.36. The van der Waals surface area contributed by atoms with Crippen LogP contribution in [-0.2, 0) is 14.9 Å². The zero-order valence-electron chi connectivity index (χ0n) is 15.2. The molecule has 138 valence electrons. The lowest BCUT2D eigenvalue weighted by molar-refractivity contribution is -0.129. The van der Waals surface area contributed by atoms with Crippen LogP contribution in [0.3, 0.4) is 0 Å². The highest BCUT2D eigenvalue weighted by Crippen LogP contribution is 2.69. The van der Waals surface area contributed by atoms with Crippen molar-refractivity contribution in [3.63, 3.8) is 0 Å². The van der Waals surface area contributed by atoms with Crippen molar-refractivity contribution in [1.29, 1.82) is 0 Å². The average Bonchev–Trinajstić information content (AvgIpc) is 2.89. The molecule has 3 atom stereocenters. The Hall–Kier alpha value is -1.79. The Balaban J connectivity index is 2.06. The molecule has 2 aliphatic rings. The minimum absolute atomic E-state index is 0.0500. The number of Topliss-reactive ketones (excluding diaryl/α,β-unsaturated/α-hetero) is 1. The predicted octanol–water partition coefficient (Wildman–Crippen LogP) is 3.87. The molecule has 0 spiro atoms. The van der Waals surface area contributed by atoms with Crippen LogP contribution in [0.4, 0.5) is 0 Å². The van der Waals surface area contributed by atoms with E-state index in [0.717, 1.165) is 17.5 Å². The van der Waals surface area contributed by atoms with Gasteiger partial charge in [0.1, 0.15) is 11.0 Å². The second-order valence-corrected chi connectivity index (χ2v) is 9.82. The smallest absolute Gasteiger partial charge is 0.273 e. The van der Waals surface area contributed by atoms with Gasteiger partial charge in [0.05, 0.1) is 10.9 Å². The van der Waals surface area contributed by atoms with E-state index in [1.165, 1.54) is 0 Å². The minimum Gasteiger partial charge on any atom is -0.299 e. The summed E-state index contributed by atoms with van der Waals surface area (Å²) in [6.45, 7) is 5.78. The van der Waals surface area contributed by atoms with Crippen molar-refractivity contribution in [2.45, 2.75) is 45.3 Å². The molecule has 2 bridgehead atoms. The number of carbonyl (C=O) groups is 1. The second-order valence-electron chi connectivity index (χ2n) is 8.32. The number of rotatable bonds is 3. The van der Waals surface area contributed by atoms with E-state index in [0.29, 0.717) is 23.9 Å². The largest absolute Gasteiger partial charge is 0.299 e. The number of carbonyl (C=O) groups excluding carboxylic acids is 1. The maximum absolute atomic E-state index is 13.0. The first-order chi connectivity index (χ1) is 12.1. The maximum atomic E-state index is 13.0. The fourth-order valence-electron chi connectivity index (χ4n) is 5.49. The average molecular weight is 373 g/mol. The summed E-state index contributed by atoms with van der Waals surface area (Å²) in [5, 5.41) is -0.487. The topological polar surface area (TPSA) is 84.3 Å². The highest BCUT2D eigenvalue weighted by molar-refractivity contribution is 7.86. The van der Waals surface area contributed by atoms with Crippen molar-refractivity contribution in [1.82, 2.24) is 4.98 Å². The number of nitrogens with zero attached hydrogens (tertiary/aromatic N) is 1. The molecule has 5 nitrogen and oxygen atoms in total. The molecule has 6 heteroatoms. The fraction of sp³-hybridized carbons (Fsp3) is 0.500. The van der Waals surface area contributed by atoms with Gasteiger partial charge in [-0.3, -0.25) is 14.3 Å². The normalized spacial score (nSPS) is 28.6. The Morgan fingerprint density at radius 2 is 1.96 bits per heavy atom. The summed E-state index contributed by atoms with van der Waals surface area (Å²) in [7, 11) is -4.51. The van der Waals surface area contributed by atoms with Gasteiger partial charge in [-0.2, -0.15) is 8.42 Å². The zero-order chi connectivity index (χ0) is 18.9. The van der Waals surface area contributed by atoms with Crippen molar-refractivity contribution >= 4 is 26.8 Å². The Morgan fingerprint density at radius 1 is 1.23 bits per heavy atom.